The molecule has 0 N–H and O–H groups in total. The average molecular weight is 369 g/mol. The number of nitrogens with zero attached hydrogens (tertiary/aromatic N) is 5. The van der Waals surface area contributed by atoms with Gasteiger partial charge in [-0.05, 0) is 41.5 Å². The molecule has 0 saturated carbocycles. The minimum Gasteiger partial charge on any atom is -0.455 e. The summed E-state index contributed by atoms with van der Waals surface area (Å²) in [6.45, 7) is 1.52. The van der Waals surface area contributed by atoms with Gasteiger partial charge in [0.2, 0.25) is 5.16 Å². The topological polar surface area (TPSA) is 75.0 Å². The summed E-state index contributed by atoms with van der Waals surface area (Å²) >= 11 is 1.62. The molecule has 0 aliphatic carbocycles. The summed E-state index contributed by atoms with van der Waals surface area (Å²) in [5.41, 5.74) is 1.09. The van der Waals surface area contributed by atoms with E-state index in [1.165, 1.54) is 0 Å². The van der Waals surface area contributed by atoms with Gasteiger partial charge in [0.25, 0.3) is 0 Å². The van der Waals surface area contributed by atoms with Crippen molar-refractivity contribution in [1.82, 2.24) is 25.2 Å². The van der Waals surface area contributed by atoms with Crippen LogP contribution in [0.25, 0.3) is 0 Å². The van der Waals surface area contributed by atoms with Crippen LogP contribution in [0, 0.1) is 0 Å². The molecule has 1 aromatic carbocycles. The largest absolute Gasteiger partial charge is 0.455 e. The number of benzene rings is 1. The Labute approximate surface area is 155 Å². The molecule has 0 spiro atoms. The Balaban J connectivity index is 1.46. The van der Waals surface area contributed by atoms with Gasteiger partial charge in [-0.25, -0.2) is 4.68 Å². The van der Waals surface area contributed by atoms with Crippen molar-refractivity contribution in [2.45, 2.75) is 29.8 Å². The summed E-state index contributed by atoms with van der Waals surface area (Å²) in [6, 6.07) is 12.0. The second-order valence-corrected chi connectivity index (χ2v) is 6.88. The zero-order valence-electron chi connectivity index (χ0n) is 14.2. The average Bonchev–Trinajstić information content (AvgIpc) is 3.17. The summed E-state index contributed by atoms with van der Waals surface area (Å²) in [6.07, 6.45) is 5.32. The molecule has 0 unspecified atom stereocenters. The quantitative estimate of drug-likeness (QED) is 0.616. The monoisotopic (exact) mass is 369 g/mol. The van der Waals surface area contributed by atoms with Gasteiger partial charge in [-0.15, -0.1) is 5.10 Å². The van der Waals surface area contributed by atoms with Gasteiger partial charge in [0.1, 0.15) is 11.5 Å². The van der Waals surface area contributed by atoms with Crippen molar-refractivity contribution in [2.24, 2.45) is 0 Å². The summed E-state index contributed by atoms with van der Waals surface area (Å²) < 4.78 is 13.3. The molecular formula is C18H19N5O2S. The van der Waals surface area contributed by atoms with Crippen LogP contribution < -0.4 is 4.74 Å². The van der Waals surface area contributed by atoms with Crippen molar-refractivity contribution in [3.63, 3.8) is 0 Å². The second kappa shape index (κ2) is 8.29. The Morgan fingerprint density at radius 1 is 1.15 bits per heavy atom. The van der Waals surface area contributed by atoms with Crippen LogP contribution in [0.4, 0.5) is 0 Å². The zero-order valence-corrected chi connectivity index (χ0v) is 15.0. The maximum Gasteiger partial charge on any atom is 0.209 e. The van der Waals surface area contributed by atoms with Gasteiger partial charge in [0.15, 0.2) is 0 Å². The molecule has 1 aliphatic heterocycles. The molecule has 0 amide bonds. The van der Waals surface area contributed by atoms with Crippen molar-refractivity contribution < 1.29 is 9.47 Å². The Morgan fingerprint density at radius 3 is 2.88 bits per heavy atom. The zero-order chi connectivity index (χ0) is 17.6. The maximum atomic E-state index is 5.98. The molecule has 3 aromatic rings. The molecule has 1 saturated heterocycles. The Hall–Kier alpha value is -2.45. The lowest BCUT2D eigenvalue weighted by Gasteiger charge is -2.22. The number of ether oxygens (including phenoxy) is 2. The van der Waals surface area contributed by atoms with E-state index >= 15 is 0 Å². The van der Waals surface area contributed by atoms with E-state index in [-0.39, 0.29) is 0 Å². The lowest BCUT2D eigenvalue weighted by molar-refractivity contribution is 0.0631. The fourth-order valence-corrected chi connectivity index (χ4v) is 3.77. The van der Waals surface area contributed by atoms with Gasteiger partial charge in [0.05, 0.1) is 12.2 Å². The van der Waals surface area contributed by atoms with E-state index in [1.807, 2.05) is 35.0 Å². The van der Waals surface area contributed by atoms with Gasteiger partial charge >= 0.3 is 0 Å². The molecule has 2 aromatic heterocycles. The van der Waals surface area contributed by atoms with E-state index in [9.17, 15) is 0 Å². The lowest BCUT2D eigenvalue weighted by atomic mass is 10.1. The minimum atomic E-state index is 0.308. The van der Waals surface area contributed by atoms with E-state index < -0.39 is 0 Å². The van der Waals surface area contributed by atoms with Crippen molar-refractivity contribution in [1.29, 1.82) is 0 Å². The molecule has 7 nitrogen and oxygen atoms in total. The predicted molar refractivity (Wildman–Crippen MR) is 97.2 cm³/mol. The Kier molecular flexibility index (Phi) is 5.41. The second-order valence-electron chi connectivity index (χ2n) is 5.94. The number of hydrogen-bond donors (Lipinski definition) is 0. The third-order valence-corrected chi connectivity index (χ3v) is 5.17. The first kappa shape index (κ1) is 17.0. The number of pyridine rings is 1. The molecule has 0 atom stereocenters. The highest BCUT2D eigenvalue weighted by molar-refractivity contribution is 7.98. The van der Waals surface area contributed by atoms with Gasteiger partial charge in [0, 0.05) is 30.7 Å². The molecule has 134 valence electrons. The summed E-state index contributed by atoms with van der Waals surface area (Å²) in [5, 5.41) is 13.1. The highest BCUT2D eigenvalue weighted by Gasteiger charge is 2.21. The SMILES string of the molecule is c1cncc(Oc2ccccc2CSc2nnnn2C2CCOCC2)c1. The predicted octanol–water partition coefficient (Wildman–Crippen LogP) is 3.50. The van der Waals surface area contributed by atoms with Crippen LogP contribution in [0.15, 0.2) is 53.9 Å². The van der Waals surface area contributed by atoms with Crippen LogP contribution in [0.3, 0.4) is 0 Å². The number of para-hydroxylation sites is 1. The van der Waals surface area contributed by atoms with Crippen molar-refractivity contribution in [3.05, 3.63) is 54.4 Å². The first-order chi connectivity index (χ1) is 12.9. The van der Waals surface area contributed by atoms with Crippen molar-refractivity contribution >= 4 is 11.8 Å². The first-order valence-corrected chi connectivity index (χ1v) is 9.53. The molecule has 1 fully saturated rings. The standard InChI is InChI=1S/C18H19N5O2S/c1-2-6-17(25-16-5-3-9-19-12-16)14(4-1)13-26-18-20-21-22-23(18)15-7-10-24-11-8-15/h1-6,9,12,15H,7-8,10-11,13H2. The number of aromatic nitrogens is 5. The highest BCUT2D eigenvalue weighted by Crippen LogP contribution is 2.31. The third kappa shape index (κ3) is 4.03. The smallest absolute Gasteiger partial charge is 0.209 e. The summed E-state index contributed by atoms with van der Waals surface area (Å²) in [4.78, 5) is 4.09. The normalized spacial score (nSPS) is 15.1. The van der Waals surface area contributed by atoms with E-state index in [4.69, 9.17) is 9.47 Å². The molecule has 26 heavy (non-hydrogen) atoms. The molecule has 0 bridgehead atoms. The lowest BCUT2D eigenvalue weighted by Crippen LogP contribution is -2.21. The molecule has 0 radical (unpaired) electrons. The number of tetrazole rings is 1. The van der Waals surface area contributed by atoms with Crippen LogP contribution in [-0.2, 0) is 10.5 Å². The number of rotatable bonds is 6. The molecule has 8 heteroatoms. The van der Waals surface area contributed by atoms with Crippen LogP contribution in [-0.4, -0.2) is 38.4 Å². The fourth-order valence-electron chi connectivity index (χ4n) is 2.84. The van der Waals surface area contributed by atoms with E-state index in [0.717, 1.165) is 54.0 Å². The van der Waals surface area contributed by atoms with Gasteiger partial charge < -0.3 is 9.47 Å². The maximum absolute atomic E-state index is 5.98. The molecule has 1 aliphatic rings. The van der Waals surface area contributed by atoms with Crippen molar-refractivity contribution in [3.8, 4) is 11.5 Å². The number of hydrogen-bond acceptors (Lipinski definition) is 7. The fraction of sp³-hybridized carbons (Fsp3) is 0.333. The van der Waals surface area contributed by atoms with E-state index in [0.29, 0.717) is 6.04 Å². The van der Waals surface area contributed by atoms with E-state index in [1.54, 1.807) is 24.2 Å². The van der Waals surface area contributed by atoms with Crippen LogP contribution in [0.1, 0.15) is 24.4 Å². The van der Waals surface area contributed by atoms with Crippen LogP contribution in [0.5, 0.6) is 11.5 Å². The Bertz CT molecular complexity index is 836. The third-order valence-electron chi connectivity index (χ3n) is 4.19. The van der Waals surface area contributed by atoms with Crippen molar-refractivity contribution in [2.75, 3.05) is 13.2 Å². The molecule has 4 rings (SSSR count). The minimum absolute atomic E-state index is 0.308. The highest BCUT2D eigenvalue weighted by atomic mass is 32.2. The number of thioether (sulfide) groups is 1. The van der Waals surface area contributed by atoms with Gasteiger partial charge in [-0.1, -0.05) is 30.0 Å². The first-order valence-electron chi connectivity index (χ1n) is 8.54. The van der Waals surface area contributed by atoms with Crippen LogP contribution in [0.2, 0.25) is 0 Å². The molecular weight excluding hydrogens is 350 g/mol. The molecule has 3 heterocycles. The summed E-state index contributed by atoms with van der Waals surface area (Å²) in [7, 11) is 0. The van der Waals surface area contributed by atoms with E-state index in [2.05, 4.69) is 26.6 Å². The van der Waals surface area contributed by atoms with Crippen LogP contribution >= 0.6 is 11.8 Å². The van der Waals surface area contributed by atoms with Gasteiger partial charge in [-0.3, -0.25) is 4.98 Å². The summed E-state index contributed by atoms with van der Waals surface area (Å²) in [5.74, 6) is 2.26. The van der Waals surface area contributed by atoms with Gasteiger partial charge in [-0.2, -0.15) is 0 Å². The Morgan fingerprint density at radius 2 is 2.04 bits per heavy atom.